The number of aryl methyl sites for hydroxylation is 1. The normalized spacial score (nSPS) is 22.8. The van der Waals surface area contributed by atoms with E-state index < -0.39 is 38.5 Å². The van der Waals surface area contributed by atoms with Gasteiger partial charge in [0.15, 0.2) is 11.6 Å². The lowest BCUT2D eigenvalue weighted by atomic mass is 9.87. The van der Waals surface area contributed by atoms with Gasteiger partial charge in [0.05, 0.1) is 16.1 Å². The van der Waals surface area contributed by atoms with E-state index in [-0.39, 0.29) is 33.0 Å². The van der Waals surface area contributed by atoms with Crippen LogP contribution in [0.15, 0.2) is 30.3 Å². The zero-order valence-electron chi connectivity index (χ0n) is 21.0. The number of alkyl halides is 2. The number of anilines is 1. The summed E-state index contributed by atoms with van der Waals surface area (Å²) < 4.78 is 26.4. The summed E-state index contributed by atoms with van der Waals surface area (Å²) in [6.45, 7) is 10.6. The van der Waals surface area contributed by atoms with Crippen LogP contribution in [0.2, 0.25) is 5.02 Å². The SMILES string of the molecule is Cc1cc([C@]2(C)C(Cl)(Cl)[C@@]2(C)C(=O)Nc2ccc(Cl)c(C(=O)C(=N)CCC(C)(C)C)c2)cc(F)c1F. The molecule has 2 aromatic rings. The highest BCUT2D eigenvalue weighted by molar-refractivity contribution is 6.55. The predicted molar refractivity (Wildman–Crippen MR) is 142 cm³/mol. The average molecular weight is 558 g/mol. The summed E-state index contributed by atoms with van der Waals surface area (Å²) in [5.74, 6) is -3.12. The maximum atomic E-state index is 14.2. The summed E-state index contributed by atoms with van der Waals surface area (Å²) in [6, 6.07) is 6.82. The zero-order chi connectivity index (χ0) is 27.4. The van der Waals surface area contributed by atoms with Crippen molar-refractivity contribution in [3.63, 3.8) is 0 Å². The van der Waals surface area contributed by atoms with Crippen LogP contribution in [0.3, 0.4) is 0 Å². The Morgan fingerprint density at radius 1 is 1.08 bits per heavy atom. The molecule has 0 unspecified atom stereocenters. The quantitative estimate of drug-likeness (QED) is 0.205. The lowest BCUT2D eigenvalue weighted by Gasteiger charge is -2.19. The highest BCUT2D eigenvalue weighted by Gasteiger charge is 2.86. The lowest BCUT2D eigenvalue weighted by Crippen LogP contribution is -2.29. The summed E-state index contributed by atoms with van der Waals surface area (Å²) in [5, 5.41) is 11.1. The van der Waals surface area contributed by atoms with Crippen LogP contribution in [0.1, 0.15) is 68.9 Å². The Bertz CT molecular complexity index is 1250. The van der Waals surface area contributed by atoms with Crippen molar-refractivity contribution < 1.29 is 18.4 Å². The van der Waals surface area contributed by atoms with Crippen LogP contribution in [-0.2, 0) is 10.2 Å². The molecule has 1 saturated carbocycles. The first kappa shape index (κ1) is 28.5. The smallest absolute Gasteiger partial charge is 0.234 e. The second-order valence-electron chi connectivity index (χ2n) is 10.9. The number of halogens is 5. The minimum Gasteiger partial charge on any atom is -0.325 e. The lowest BCUT2D eigenvalue weighted by molar-refractivity contribution is -0.121. The van der Waals surface area contributed by atoms with E-state index in [1.165, 1.54) is 31.2 Å². The fraction of sp³-hybridized carbons (Fsp3) is 0.444. The molecule has 194 valence electrons. The molecular weight excluding hydrogens is 529 g/mol. The van der Waals surface area contributed by atoms with Crippen molar-refractivity contribution in [2.75, 3.05) is 5.32 Å². The number of rotatable bonds is 7. The van der Waals surface area contributed by atoms with Crippen molar-refractivity contribution in [2.24, 2.45) is 10.8 Å². The Kier molecular flexibility index (Phi) is 7.44. The van der Waals surface area contributed by atoms with Crippen LogP contribution in [0.25, 0.3) is 0 Å². The molecule has 0 saturated heterocycles. The van der Waals surface area contributed by atoms with Crippen molar-refractivity contribution >= 4 is 57.9 Å². The van der Waals surface area contributed by atoms with Gasteiger partial charge in [-0.15, -0.1) is 0 Å². The van der Waals surface area contributed by atoms with E-state index in [1.807, 2.05) is 20.8 Å². The Morgan fingerprint density at radius 3 is 2.25 bits per heavy atom. The van der Waals surface area contributed by atoms with Crippen molar-refractivity contribution in [1.82, 2.24) is 0 Å². The minimum atomic E-state index is -1.62. The molecule has 0 heterocycles. The van der Waals surface area contributed by atoms with E-state index in [2.05, 4.69) is 5.32 Å². The third-order valence-corrected chi connectivity index (χ3v) is 9.14. The first-order valence-electron chi connectivity index (χ1n) is 11.5. The van der Waals surface area contributed by atoms with Gasteiger partial charge in [0.1, 0.15) is 4.33 Å². The zero-order valence-corrected chi connectivity index (χ0v) is 23.3. The summed E-state index contributed by atoms with van der Waals surface area (Å²) in [4.78, 5) is 26.3. The molecule has 1 aliphatic rings. The van der Waals surface area contributed by atoms with Gasteiger partial charge in [0.25, 0.3) is 0 Å². The summed E-state index contributed by atoms with van der Waals surface area (Å²) >= 11 is 19.4. The number of carbonyl (C=O) groups is 2. The van der Waals surface area contributed by atoms with Crippen LogP contribution >= 0.6 is 34.8 Å². The van der Waals surface area contributed by atoms with E-state index in [9.17, 15) is 18.4 Å². The molecule has 3 rings (SSSR count). The highest BCUT2D eigenvalue weighted by Crippen LogP contribution is 2.78. The molecule has 0 radical (unpaired) electrons. The van der Waals surface area contributed by atoms with Crippen LogP contribution in [0.4, 0.5) is 14.5 Å². The molecule has 9 heteroatoms. The second kappa shape index (κ2) is 9.38. The third kappa shape index (κ3) is 4.57. The number of hydrogen-bond acceptors (Lipinski definition) is 3. The van der Waals surface area contributed by atoms with E-state index in [0.29, 0.717) is 18.4 Å². The Morgan fingerprint density at radius 2 is 1.69 bits per heavy atom. The Labute approximate surface area is 225 Å². The molecule has 2 aromatic carbocycles. The molecule has 4 nitrogen and oxygen atoms in total. The van der Waals surface area contributed by atoms with Crippen molar-refractivity contribution in [2.45, 2.75) is 64.1 Å². The number of ketones is 1. The first-order valence-corrected chi connectivity index (χ1v) is 12.6. The second-order valence-corrected chi connectivity index (χ2v) is 12.7. The Balaban J connectivity index is 1.88. The van der Waals surface area contributed by atoms with Crippen molar-refractivity contribution in [1.29, 1.82) is 5.41 Å². The third-order valence-electron chi connectivity index (χ3n) is 7.30. The van der Waals surface area contributed by atoms with Crippen LogP contribution < -0.4 is 5.32 Å². The van der Waals surface area contributed by atoms with Crippen LogP contribution in [-0.4, -0.2) is 21.7 Å². The Hall–Kier alpha value is -2.02. The number of Topliss-reactive ketones (excluding diaryl/α,β-unsaturated/α-hetero) is 1. The number of carbonyl (C=O) groups excluding carboxylic acids is 2. The standard InChI is InChI=1S/C27H29Cl3F2N2O2/c1-14-11-15(12-19(31)21(14)32)25(5)26(6,27(25,29)30)23(36)34-16-7-8-18(28)17(13-16)22(35)20(33)9-10-24(2,3)4/h7-8,11-13,33H,9-10H2,1-6H3,(H,34,36)/t25-,26-/m0/s1. The van der Waals surface area contributed by atoms with Crippen molar-refractivity contribution in [3.05, 3.63) is 63.7 Å². The predicted octanol–water partition coefficient (Wildman–Crippen LogP) is 8.05. The maximum Gasteiger partial charge on any atom is 0.234 e. The molecule has 0 bridgehead atoms. The number of nitrogens with one attached hydrogen (secondary N) is 2. The molecule has 2 N–H and O–H groups in total. The molecule has 1 amide bonds. The van der Waals surface area contributed by atoms with E-state index in [4.69, 9.17) is 40.2 Å². The fourth-order valence-corrected chi connectivity index (χ4v) is 5.72. The summed E-state index contributed by atoms with van der Waals surface area (Å²) in [6.07, 6.45) is 0.944. The molecule has 1 fully saturated rings. The van der Waals surface area contributed by atoms with Crippen LogP contribution in [0, 0.1) is 34.8 Å². The van der Waals surface area contributed by atoms with Crippen LogP contribution in [0.5, 0.6) is 0 Å². The van der Waals surface area contributed by atoms with Gasteiger partial charge < -0.3 is 10.7 Å². The van der Waals surface area contributed by atoms with Gasteiger partial charge in [-0.05, 0) is 67.5 Å². The van der Waals surface area contributed by atoms with E-state index >= 15 is 0 Å². The number of benzene rings is 2. The topological polar surface area (TPSA) is 70.0 Å². The molecule has 2 atom stereocenters. The van der Waals surface area contributed by atoms with Gasteiger partial charge in [-0.1, -0.05) is 68.6 Å². The van der Waals surface area contributed by atoms with Gasteiger partial charge in [0.2, 0.25) is 11.7 Å². The average Bonchev–Trinajstić information content (AvgIpc) is 3.16. The van der Waals surface area contributed by atoms with Crippen molar-refractivity contribution in [3.8, 4) is 0 Å². The molecule has 1 aliphatic carbocycles. The van der Waals surface area contributed by atoms with Gasteiger partial charge in [-0.2, -0.15) is 0 Å². The van der Waals surface area contributed by atoms with Gasteiger partial charge in [-0.25, -0.2) is 8.78 Å². The van der Waals surface area contributed by atoms with Gasteiger partial charge >= 0.3 is 0 Å². The van der Waals surface area contributed by atoms with E-state index in [1.54, 1.807) is 13.8 Å². The monoisotopic (exact) mass is 556 g/mol. The molecular formula is C27H29Cl3F2N2O2. The number of hydrogen-bond donors (Lipinski definition) is 2. The van der Waals surface area contributed by atoms with Gasteiger partial charge in [-0.3, -0.25) is 9.59 Å². The molecule has 0 aliphatic heterocycles. The molecule has 0 aromatic heterocycles. The van der Waals surface area contributed by atoms with E-state index in [0.717, 1.165) is 6.07 Å². The minimum absolute atomic E-state index is 0.0415. The van der Waals surface area contributed by atoms with Gasteiger partial charge in [0, 0.05) is 16.7 Å². The first-order chi connectivity index (χ1) is 16.4. The summed E-state index contributed by atoms with van der Waals surface area (Å²) in [7, 11) is 0. The molecule has 0 spiro atoms. The summed E-state index contributed by atoms with van der Waals surface area (Å²) in [5.41, 5.74) is -2.05. The largest absolute Gasteiger partial charge is 0.325 e. The highest BCUT2D eigenvalue weighted by atomic mass is 35.5. The number of amides is 1. The fourth-order valence-electron chi connectivity index (χ4n) is 4.46. The maximum absolute atomic E-state index is 14.2. The molecule has 36 heavy (non-hydrogen) atoms.